The Kier molecular flexibility index (Phi) is 5.22. The van der Waals surface area contributed by atoms with Crippen molar-refractivity contribution in [2.24, 2.45) is 11.8 Å². The molecule has 1 heterocycles. The fourth-order valence-electron chi connectivity index (χ4n) is 3.46. The molecule has 0 radical (unpaired) electrons. The minimum atomic E-state index is 0.249. The predicted molar refractivity (Wildman–Crippen MR) is 70.1 cm³/mol. The Hall–Kier alpha value is -0.120. The van der Waals surface area contributed by atoms with Crippen LogP contribution in [0.4, 0.5) is 0 Å². The van der Waals surface area contributed by atoms with Crippen LogP contribution in [-0.2, 0) is 0 Å². The molecule has 0 saturated carbocycles. The minimum absolute atomic E-state index is 0.249. The summed E-state index contributed by atoms with van der Waals surface area (Å²) < 4.78 is 0. The Balaban J connectivity index is 2.92. The highest BCUT2D eigenvalue weighted by molar-refractivity contribution is 5.00. The molecule has 3 heteroatoms. The summed E-state index contributed by atoms with van der Waals surface area (Å²) in [5, 5.41) is 0. The Morgan fingerprint density at radius 3 is 2.00 bits per heavy atom. The largest absolute Gasteiger partial charge is 0.296 e. The molecule has 3 N–H and O–H groups in total. The summed E-state index contributed by atoms with van der Waals surface area (Å²) >= 11 is 0. The summed E-state index contributed by atoms with van der Waals surface area (Å²) in [6.07, 6.45) is 5.04. The maximum atomic E-state index is 5.80. The third-order valence-corrected chi connectivity index (χ3v) is 4.39. The molecule has 0 bridgehead atoms. The van der Waals surface area contributed by atoms with E-state index in [4.69, 9.17) is 5.84 Å². The summed E-state index contributed by atoms with van der Waals surface area (Å²) in [5.41, 5.74) is 3.33. The van der Waals surface area contributed by atoms with Gasteiger partial charge in [0, 0.05) is 11.6 Å². The quantitative estimate of drug-likeness (QED) is 0.539. The third-order valence-electron chi connectivity index (χ3n) is 4.39. The average Bonchev–Trinajstić information content (AvgIpc) is 2.79. The Bertz CT molecular complexity index is 193. The van der Waals surface area contributed by atoms with E-state index in [-0.39, 0.29) is 5.54 Å². The van der Waals surface area contributed by atoms with Gasteiger partial charge in [-0.25, -0.2) is 0 Å². The lowest BCUT2D eigenvalue weighted by Gasteiger charge is -2.48. The fourth-order valence-corrected chi connectivity index (χ4v) is 3.46. The van der Waals surface area contributed by atoms with E-state index >= 15 is 0 Å². The van der Waals surface area contributed by atoms with E-state index < -0.39 is 0 Å². The second-order valence-electron chi connectivity index (χ2n) is 5.39. The highest BCUT2D eigenvalue weighted by Gasteiger charge is 2.42. The minimum Gasteiger partial charge on any atom is -0.296 e. The topological polar surface area (TPSA) is 41.3 Å². The van der Waals surface area contributed by atoms with E-state index in [2.05, 4.69) is 38.0 Å². The molecule has 1 fully saturated rings. The van der Waals surface area contributed by atoms with Crippen LogP contribution in [0.15, 0.2) is 0 Å². The van der Waals surface area contributed by atoms with Crippen LogP contribution in [0.3, 0.4) is 0 Å². The molecule has 0 aromatic rings. The zero-order chi connectivity index (χ0) is 12.2. The van der Waals surface area contributed by atoms with Crippen molar-refractivity contribution in [1.82, 2.24) is 10.3 Å². The summed E-state index contributed by atoms with van der Waals surface area (Å²) in [6, 6.07) is 0.389. The second kappa shape index (κ2) is 5.99. The van der Waals surface area contributed by atoms with Crippen LogP contribution >= 0.6 is 0 Å². The average molecular weight is 227 g/mol. The Morgan fingerprint density at radius 1 is 1.19 bits per heavy atom. The van der Waals surface area contributed by atoms with Crippen LogP contribution in [0.5, 0.6) is 0 Å². The number of hydrazine groups is 1. The van der Waals surface area contributed by atoms with Crippen molar-refractivity contribution < 1.29 is 0 Å². The molecule has 0 spiro atoms. The molecule has 1 atom stereocenters. The highest BCUT2D eigenvalue weighted by Crippen LogP contribution is 2.34. The summed E-state index contributed by atoms with van der Waals surface area (Å²) in [7, 11) is 0. The van der Waals surface area contributed by atoms with Gasteiger partial charge in [-0.2, -0.15) is 0 Å². The first-order valence-corrected chi connectivity index (χ1v) is 6.83. The Morgan fingerprint density at radius 2 is 1.69 bits per heavy atom. The van der Waals surface area contributed by atoms with Gasteiger partial charge in [0.15, 0.2) is 0 Å². The maximum Gasteiger partial charge on any atom is 0.0417 e. The lowest BCUT2D eigenvalue weighted by atomic mass is 9.78. The lowest BCUT2D eigenvalue weighted by molar-refractivity contribution is 0.0437. The zero-order valence-corrected chi connectivity index (χ0v) is 11.4. The lowest BCUT2D eigenvalue weighted by Crippen LogP contribution is -2.63. The van der Waals surface area contributed by atoms with Crippen LogP contribution in [-0.4, -0.2) is 29.6 Å². The zero-order valence-electron chi connectivity index (χ0n) is 11.4. The summed E-state index contributed by atoms with van der Waals surface area (Å²) in [6.45, 7) is 11.6. The molecule has 0 amide bonds. The number of likely N-dealkylation sites (tertiary alicyclic amines) is 1. The number of hydrogen-bond donors (Lipinski definition) is 2. The van der Waals surface area contributed by atoms with Gasteiger partial charge in [0.2, 0.25) is 0 Å². The van der Waals surface area contributed by atoms with Crippen molar-refractivity contribution in [2.45, 2.75) is 65.0 Å². The van der Waals surface area contributed by atoms with Gasteiger partial charge in [-0.3, -0.25) is 16.2 Å². The standard InChI is InChI=1S/C13H29N3/c1-5-13(6-2,12(15-14)11(3)4)16-9-7-8-10-16/h11-12,15H,5-10,14H2,1-4H3. The van der Waals surface area contributed by atoms with Crippen molar-refractivity contribution in [1.29, 1.82) is 0 Å². The maximum absolute atomic E-state index is 5.80. The monoisotopic (exact) mass is 227 g/mol. The van der Waals surface area contributed by atoms with Crippen molar-refractivity contribution >= 4 is 0 Å². The van der Waals surface area contributed by atoms with E-state index in [0.717, 1.165) is 0 Å². The smallest absolute Gasteiger partial charge is 0.0417 e. The SMILES string of the molecule is CCC(CC)(C(NN)C(C)C)N1CCCC1. The van der Waals surface area contributed by atoms with E-state index in [9.17, 15) is 0 Å². The number of nitrogens with zero attached hydrogens (tertiary/aromatic N) is 1. The number of hydrogen-bond acceptors (Lipinski definition) is 3. The van der Waals surface area contributed by atoms with Crippen LogP contribution < -0.4 is 11.3 Å². The van der Waals surface area contributed by atoms with Crippen LogP contribution in [0.1, 0.15) is 53.4 Å². The van der Waals surface area contributed by atoms with Gasteiger partial charge in [0.25, 0.3) is 0 Å². The first kappa shape index (κ1) is 13.9. The van der Waals surface area contributed by atoms with Crippen molar-refractivity contribution in [3.8, 4) is 0 Å². The fraction of sp³-hybridized carbons (Fsp3) is 1.00. The number of rotatable bonds is 6. The van der Waals surface area contributed by atoms with E-state index in [0.29, 0.717) is 12.0 Å². The number of nitrogens with one attached hydrogen (secondary N) is 1. The van der Waals surface area contributed by atoms with Gasteiger partial charge in [-0.15, -0.1) is 0 Å². The van der Waals surface area contributed by atoms with E-state index in [1.165, 1.54) is 38.8 Å². The molecule has 1 rings (SSSR count). The van der Waals surface area contributed by atoms with Gasteiger partial charge >= 0.3 is 0 Å². The molecule has 0 aromatic heterocycles. The van der Waals surface area contributed by atoms with Gasteiger partial charge in [0.05, 0.1) is 0 Å². The van der Waals surface area contributed by atoms with Gasteiger partial charge < -0.3 is 0 Å². The number of nitrogens with two attached hydrogens (primary N) is 1. The molecule has 1 unspecified atom stereocenters. The first-order valence-electron chi connectivity index (χ1n) is 6.83. The molecular weight excluding hydrogens is 198 g/mol. The molecule has 16 heavy (non-hydrogen) atoms. The molecule has 1 saturated heterocycles. The summed E-state index contributed by atoms with van der Waals surface area (Å²) in [5.74, 6) is 6.38. The summed E-state index contributed by atoms with van der Waals surface area (Å²) in [4.78, 5) is 2.66. The molecular formula is C13H29N3. The van der Waals surface area contributed by atoms with Gasteiger partial charge in [0.1, 0.15) is 0 Å². The van der Waals surface area contributed by atoms with Gasteiger partial charge in [-0.05, 0) is 44.7 Å². The van der Waals surface area contributed by atoms with E-state index in [1.807, 2.05) is 0 Å². The Labute approximate surface area is 101 Å². The van der Waals surface area contributed by atoms with Gasteiger partial charge in [-0.1, -0.05) is 27.7 Å². The molecule has 1 aliphatic rings. The molecule has 3 nitrogen and oxygen atoms in total. The van der Waals surface area contributed by atoms with Crippen molar-refractivity contribution in [3.05, 3.63) is 0 Å². The first-order chi connectivity index (χ1) is 7.62. The van der Waals surface area contributed by atoms with Crippen LogP contribution in [0.25, 0.3) is 0 Å². The molecule has 0 aromatic carbocycles. The second-order valence-corrected chi connectivity index (χ2v) is 5.39. The predicted octanol–water partition coefficient (Wildman–Crippen LogP) is 2.13. The highest BCUT2D eigenvalue weighted by atomic mass is 15.3. The van der Waals surface area contributed by atoms with Crippen LogP contribution in [0, 0.1) is 5.92 Å². The molecule has 0 aliphatic carbocycles. The van der Waals surface area contributed by atoms with Crippen molar-refractivity contribution in [3.63, 3.8) is 0 Å². The normalized spacial score (nSPS) is 20.6. The molecule has 96 valence electrons. The molecule has 1 aliphatic heterocycles. The third kappa shape index (κ3) is 2.41. The van der Waals surface area contributed by atoms with E-state index in [1.54, 1.807) is 0 Å². The van der Waals surface area contributed by atoms with Crippen molar-refractivity contribution in [2.75, 3.05) is 13.1 Å². The van der Waals surface area contributed by atoms with Crippen LogP contribution in [0.2, 0.25) is 0 Å².